The molecule has 4 aromatic heterocycles. The summed E-state index contributed by atoms with van der Waals surface area (Å²) < 4.78 is 8.06. The predicted octanol–water partition coefficient (Wildman–Crippen LogP) is 3.84. The Morgan fingerprint density at radius 3 is 2.69 bits per heavy atom. The number of hydrogen-bond acceptors (Lipinski definition) is 8. The third-order valence-corrected chi connectivity index (χ3v) is 7.63. The van der Waals surface area contributed by atoms with E-state index in [1.54, 1.807) is 17.7 Å². The number of aromatic amines is 1. The molecule has 0 bridgehead atoms. The van der Waals surface area contributed by atoms with E-state index in [4.69, 9.17) is 14.8 Å². The molecule has 10 heteroatoms. The number of aryl methyl sites for hydroxylation is 1. The summed E-state index contributed by atoms with van der Waals surface area (Å²) in [5, 5.41) is 12.8. The summed E-state index contributed by atoms with van der Waals surface area (Å²) in [5.74, 6) is 1.48. The number of pyridine rings is 1. The van der Waals surface area contributed by atoms with Gasteiger partial charge in [0.15, 0.2) is 5.82 Å². The zero-order valence-electron chi connectivity index (χ0n) is 20.4. The van der Waals surface area contributed by atoms with Gasteiger partial charge in [0.25, 0.3) is 0 Å². The van der Waals surface area contributed by atoms with Crippen molar-refractivity contribution in [3.8, 4) is 38.3 Å². The molecule has 1 aliphatic rings. The topological polar surface area (TPSA) is 87.5 Å². The lowest BCUT2D eigenvalue weighted by atomic mass is 10.1. The molecule has 1 aliphatic heterocycles. The van der Waals surface area contributed by atoms with Gasteiger partial charge in [-0.2, -0.15) is 10.2 Å². The van der Waals surface area contributed by atoms with Crippen molar-refractivity contribution in [2.45, 2.75) is 6.92 Å². The van der Waals surface area contributed by atoms with Gasteiger partial charge in [-0.05, 0) is 20.0 Å². The molecule has 1 aromatic carbocycles. The Labute approximate surface area is 213 Å². The zero-order valence-corrected chi connectivity index (χ0v) is 21.2. The van der Waals surface area contributed by atoms with Gasteiger partial charge < -0.3 is 9.64 Å². The van der Waals surface area contributed by atoms with Gasteiger partial charge in [0.1, 0.15) is 28.6 Å². The van der Waals surface area contributed by atoms with E-state index in [2.05, 4.69) is 50.2 Å². The van der Waals surface area contributed by atoms with E-state index in [0.717, 1.165) is 76.4 Å². The second-order valence-electron chi connectivity index (χ2n) is 9.03. The first kappa shape index (κ1) is 22.8. The number of rotatable bonds is 7. The average Bonchev–Trinajstić information content (AvgIpc) is 3.64. The summed E-state index contributed by atoms with van der Waals surface area (Å²) in [4.78, 5) is 15.2. The van der Waals surface area contributed by atoms with E-state index < -0.39 is 0 Å². The molecular weight excluding hydrogens is 472 g/mol. The summed E-state index contributed by atoms with van der Waals surface area (Å²) in [6.07, 6.45) is 3.55. The average molecular weight is 501 g/mol. The molecule has 1 fully saturated rings. The minimum absolute atomic E-state index is 0.639. The first-order valence-electron chi connectivity index (χ1n) is 12.1. The van der Waals surface area contributed by atoms with E-state index in [-0.39, 0.29) is 0 Å². The summed E-state index contributed by atoms with van der Waals surface area (Å²) in [6.45, 7) is 8.01. The van der Waals surface area contributed by atoms with Crippen molar-refractivity contribution in [2.75, 3.05) is 46.4 Å². The van der Waals surface area contributed by atoms with Crippen LogP contribution in [0.1, 0.15) is 5.69 Å². The molecule has 5 aromatic rings. The molecule has 0 atom stereocenters. The summed E-state index contributed by atoms with van der Waals surface area (Å²) in [6, 6.07) is 14.2. The van der Waals surface area contributed by atoms with Crippen molar-refractivity contribution in [1.29, 1.82) is 0 Å². The van der Waals surface area contributed by atoms with Crippen LogP contribution in [-0.2, 0) is 0 Å². The normalized spacial score (nSPS) is 15.1. The molecule has 0 radical (unpaired) electrons. The maximum atomic E-state index is 6.16. The molecule has 36 heavy (non-hydrogen) atoms. The SMILES string of the molecule is Cc1nn2ccc(OCCN3CCN(C)CC3)cc2c1-c1nc(-c2ccccc2)c(-c2nc[nH]n2)s1. The number of ether oxygens (including phenoxy) is 1. The summed E-state index contributed by atoms with van der Waals surface area (Å²) >= 11 is 1.58. The third kappa shape index (κ3) is 4.50. The van der Waals surface area contributed by atoms with Crippen LogP contribution in [0, 0.1) is 6.92 Å². The maximum absolute atomic E-state index is 6.16. The number of hydrogen-bond donors (Lipinski definition) is 1. The van der Waals surface area contributed by atoms with Gasteiger partial charge in [0.2, 0.25) is 0 Å². The van der Waals surface area contributed by atoms with Crippen LogP contribution in [0.2, 0.25) is 0 Å². The van der Waals surface area contributed by atoms with Gasteiger partial charge in [0, 0.05) is 50.6 Å². The molecule has 6 rings (SSSR count). The number of thiazole rings is 1. The van der Waals surface area contributed by atoms with Crippen molar-refractivity contribution in [2.24, 2.45) is 0 Å². The van der Waals surface area contributed by atoms with Crippen LogP contribution >= 0.6 is 11.3 Å². The smallest absolute Gasteiger partial charge is 0.193 e. The number of likely N-dealkylation sites (N-methyl/N-ethyl adjacent to an activating group) is 1. The molecule has 1 saturated heterocycles. The van der Waals surface area contributed by atoms with Crippen LogP contribution in [-0.4, -0.2) is 86.0 Å². The molecule has 1 N–H and O–H groups in total. The Balaban J connectivity index is 1.31. The van der Waals surface area contributed by atoms with Gasteiger partial charge in [-0.15, -0.1) is 11.3 Å². The fraction of sp³-hybridized carbons (Fsp3) is 0.308. The van der Waals surface area contributed by atoms with Gasteiger partial charge in [-0.3, -0.25) is 10.00 Å². The highest BCUT2D eigenvalue weighted by Gasteiger charge is 2.22. The number of H-pyrrole nitrogens is 1. The Kier molecular flexibility index (Phi) is 6.22. The largest absolute Gasteiger partial charge is 0.492 e. The van der Waals surface area contributed by atoms with E-state index in [0.29, 0.717) is 12.4 Å². The number of nitrogens with one attached hydrogen (secondary N) is 1. The number of piperazine rings is 1. The second-order valence-corrected chi connectivity index (χ2v) is 10.0. The molecule has 9 nitrogen and oxygen atoms in total. The number of fused-ring (bicyclic) bond motifs is 1. The van der Waals surface area contributed by atoms with Crippen molar-refractivity contribution >= 4 is 16.9 Å². The number of nitrogens with zero attached hydrogens (tertiary/aromatic N) is 7. The van der Waals surface area contributed by atoms with Crippen LogP contribution < -0.4 is 4.74 Å². The lowest BCUT2D eigenvalue weighted by molar-refractivity contribution is 0.134. The van der Waals surface area contributed by atoms with Crippen molar-refractivity contribution < 1.29 is 4.74 Å². The van der Waals surface area contributed by atoms with Crippen LogP contribution in [0.25, 0.3) is 38.0 Å². The Morgan fingerprint density at radius 1 is 1.08 bits per heavy atom. The Bertz CT molecular complexity index is 1450. The van der Waals surface area contributed by atoms with Crippen LogP contribution in [0.5, 0.6) is 5.75 Å². The van der Waals surface area contributed by atoms with Gasteiger partial charge >= 0.3 is 0 Å². The zero-order chi connectivity index (χ0) is 24.5. The van der Waals surface area contributed by atoms with Crippen molar-refractivity contribution in [3.63, 3.8) is 0 Å². The predicted molar refractivity (Wildman–Crippen MR) is 141 cm³/mol. The van der Waals surface area contributed by atoms with E-state index in [9.17, 15) is 0 Å². The Hall–Kier alpha value is -3.60. The lowest BCUT2D eigenvalue weighted by Gasteiger charge is -2.32. The van der Waals surface area contributed by atoms with Crippen molar-refractivity contribution in [3.05, 3.63) is 60.7 Å². The second kappa shape index (κ2) is 9.81. The molecule has 0 aliphatic carbocycles. The first-order valence-corrected chi connectivity index (χ1v) is 12.9. The number of benzene rings is 1. The minimum Gasteiger partial charge on any atom is -0.492 e. The van der Waals surface area contributed by atoms with E-state index >= 15 is 0 Å². The fourth-order valence-electron chi connectivity index (χ4n) is 4.55. The van der Waals surface area contributed by atoms with Crippen molar-refractivity contribution in [1.82, 2.24) is 39.6 Å². The summed E-state index contributed by atoms with van der Waals surface area (Å²) in [5.41, 5.74) is 4.79. The molecular formula is C26H28N8OS. The fourth-order valence-corrected chi connectivity index (χ4v) is 5.69. The highest BCUT2D eigenvalue weighted by molar-refractivity contribution is 7.19. The molecule has 0 unspecified atom stereocenters. The van der Waals surface area contributed by atoms with Gasteiger partial charge in [0.05, 0.1) is 22.5 Å². The quantitative estimate of drug-likeness (QED) is 0.363. The molecule has 5 heterocycles. The lowest BCUT2D eigenvalue weighted by Crippen LogP contribution is -2.45. The van der Waals surface area contributed by atoms with Crippen LogP contribution in [0.15, 0.2) is 55.0 Å². The van der Waals surface area contributed by atoms with Gasteiger partial charge in [-0.25, -0.2) is 14.5 Å². The monoisotopic (exact) mass is 500 g/mol. The summed E-state index contributed by atoms with van der Waals surface area (Å²) in [7, 11) is 2.17. The first-order chi connectivity index (χ1) is 17.7. The van der Waals surface area contributed by atoms with Gasteiger partial charge in [-0.1, -0.05) is 30.3 Å². The maximum Gasteiger partial charge on any atom is 0.193 e. The molecule has 0 spiro atoms. The highest BCUT2D eigenvalue weighted by Crippen LogP contribution is 2.41. The molecule has 0 saturated carbocycles. The van der Waals surface area contributed by atoms with Crippen LogP contribution in [0.4, 0.5) is 0 Å². The third-order valence-electron chi connectivity index (χ3n) is 6.56. The Morgan fingerprint density at radius 2 is 1.92 bits per heavy atom. The van der Waals surface area contributed by atoms with E-state index in [1.807, 2.05) is 41.9 Å². The minimum atomic E-state index is 0.639. The van der Waals surface area contributed by atoms with E-state index in [1.165, 1.54) is 0 Å². The standard InChI is InChI=1S/C26H28N8OS/c1-18-22(26-29-23(19-6-4-3-5-7-19)24(36-26)25-27-17-28-30-25)21-16-20(8-9-34(21)31-18)35-15-14-33-12-10-32(2)11-13-33/h3-9,16-17H,10-15H2,1-2H3,(H,27,28,30). The number of aromatic nitrogens is 6. The highest BCUT2D eigenvalue weighted by atomic mass is 32.1. The molecule has 0 amide bonds. The van der Waals surface area contributed by atoms with Crippen LogP contribution in [0.3, 0.4) is 0 Å². The molecule has 184 valence electrons.